The number of nitrogens with zero attached hydrogens (tertiary/aromatic N) is 2. The molecular formula is C28H29N3O2S2. The van der Waals surface area contributed by atoms with E-state index in [1.165, 1.54) is 22.2 Å². The Labute approximate surface area is 213 Å². The third kappa shape index (κ3) is 4.80. The Kier molecular flexibility index (Phi) is 6.80. The maximum Gasteiger partial charge on any atom is 0.267 e. The van der Waals surface area contributed by atoms with Gasteiger partial charge in [0.25, 0.3) is 5.56 Å². The zero-order valence-corrected chi connectivity index (χ0v) is 21.9. The monoisotopic (exact) mass is 503 g/mol. The van der Waals surface area contributed by atoms with Crippen molar-refractivity contribution in [3.8, 4) is 5.69 Å². The van der Waals surface area contributed by atoms with Crippen LogP contribution in [0.5, 0.6) is 0 Å². The Morgan fingerprint density at radius 3 is 2.69 bits per heavy atom. The normalized spacial score (nSPS) is 14.0. The number of carbonyl (C=O) groups excluding carboxylic acids is 1. The quantitative estimate of drug-likeness (QED) is 0.262. The molecule has 1 aliphatic rings. The number of aromatic nitrogens is 2. The molecule has 0 bridgehead atoms. The minimum Gasteiger partial charge on any atom is -0.349 e. The van der Waals surface area contributed by atoms with Crippen molar-refractivity contribution in [1.82, 2.24) is 14.9 Å². The second-order valence-corrected chi connectivity index (χ2v) is 11.2. The van der Waals surface area contributed by atoms with Gasteiger partial charge in [-0.15, -0.1) is 11.3 Å². The minimum absolute atomic E-state index is 0.0260. The van der Waals surface area contributed by atoms with Gasteiger partial charge < -0.3 is 5.32 Å². The number of rotatable bonds is 6. The van der Waals surface area contributed by atoms with Gasteiger partial charge in [-0.3, -0.25) is 14.2 Å². The van der Waals surface area contributed by atoms with Crippen LogP contribution in [0.4, 0.5) is 0 Å². The molecule has 35 heavy (non-hydrogen) atoms. The number of hydrogen-bond donors (Lipinski definition) is 1. The van der Waals surface area contributed by atoms with Crippen LogP contribution in [0.15, 0.2) is 58.5 Å². The first-order valence-electron chi connectivity index (χ1n) is 12.0. The summed E-state index contributed by atoms with van der Waals surface area (Å²) in [5, 5.41) is 4.39. The van der Waals surface area contributed by atoms with E-state index in [4.69, 9.17) is 4.98 Å². The first kappa shape index (κ1) is 23.8. The topological polar surface area (TPSA) is 64.0 Å². The van der Waals surface area contributed by atoms with Crippen molar-refractivity contribution in [3.05, 3.63) is 86.0 Å². The number of fused-ring (bicyclic) bond motifs is 3. The minimum atomic E-state index is -0.0923. The lowest BCUT2D eigenvalue weighted by Gasteiger charge is -2.17. The van der Waals surface area contributed by atoms with Gasteiger partial charge in [0.1, 0.15) is 4.83 Å². The molecule has 1 aliphatic carbocycles. The van der Waals surface area contributed by atoms with Crippen molar-refractivity contribution in [3.63, 3.8) is 0 Å². The van der Waals surface area contributed by atoms with Gasteiger partial charge in [0.05, 0.1) is 22.9 Å². The Hall–Kier alpha value is -2.90. The molecule has 0 saturated heterocycles. The van der Waals surface area contributed by atoms with Crippen LogP contribution < -0.4 is 10.9 Å². The summed E-state index contributed by atoms with van der Waals surface area (Å²) in [5.41, 5.74) is 5.19. The summed E-state index contributed by atoms with van der Waals surface area (Å²) in [6.45, 7) is 6.04. The van der Waals surface area contributed by atoms with Crippen LogP contribution in [0.25, 0.3) is 15.9 Å². The van der Waals surface area contributed by atoms with E-state index in [2.05, 4.69) is 11.4 Å². The highest BCUT2D eigenvalue weighted by atomic mass is 32.2. The van der Waals surface area contributed by atoms with E-state index in [0.717, 1.165) is 58.3 Å². The molecule has 2 aromatic heterocycles. The lowest BCUT2D eigenvalue weighted by atomic mass is 9.97. The van der Waals surface area contributed by atoms with Crippen molar-refractivity contribution < 1.29 is 4.79 Å². The van der Waals surface area contributed by atoms with Crippen molar-refractivity contribution in [1.29, 1.82) is 0 Å². The van der Waals surface area contributed by atoms with Gasteiger partial charge in [0.2, 0.25) is 5.91 Å². The largest absolute Gasteiger partial charge is 0.349 e. The number of carbonyl (C=O) groups is 1. The van der Waals surface area contributed by atoms with E-state index >= 15 is 0 Å². The van der Waals surface area contributed by atoms with E-state index in [-0.39, 0.29) is 23.3 Å². The first-order chi connectivity index (χ1) is 16.9. The highest BCUT2D eigenvalue weighted by Gasteiger charge is 2.24. The van der Waals surface area contributed by atoms with Crippen LogP contribution in [-0.2, 0) is 17.6 Å². The molecule has 0 aliphatic heterocycles. The average molecular weight is 504 g/mol. The molecule has 0 fully saturated rings. The number of hydrogen-bond acceptors (Lipinski definition) is 5. The van der Waals surface area contributed by atoms with E-state index in [0.29, 0.717) is 5.16 Å². The number of amides is 1. The van der Waals surface area contributed by atoms with Crippen molar-refractivity contribution in [2.75, 3.05) is 5.75 Å². The third-order valence-electron chi connectivity index (χ3n) is 6.56. The standard InChI is InChI=1S/C28H29N3O2S2/c1-17-13-14-22(18(2)15-17)31-27(33)25-21-11-7-8-12-23(21)35-26(25)30-28(31)34-16-24(32)29-19(3)20-9-5-4-6-10-20/h4-6,9-10,13-15,19H,7-8,11-12,16H2,1-3H3,(H,29,32). The smallest absolute Gasteiger partial charge is 0.267 e. The second-order valence-electron chi connectivity index (χ2n) is 9.20. The molecule has 1 unspecified atom stereocenters. The predicted molar refractivity (Wildman–Crippen MR) is 145 cm³/mol. The molecular weight excluding hydrogens is 474 g/mol. The van der Waals surface area contributed by atoms with Gasteiger partial charge in [-0.2, -0.15) is 0 Å². The molecule has 2 heterocycles. The molecule has 1 N–H and O–H groups in total. The first-order valence-corrected chi connectivity index (χ1v) is 13.8. The molecule has 1 amide bonds. The number of benzene rings is 2. The van der Waals surface area contributed by atoms with Crippen LogP contribution in [0.1, 0.15) is 52.9 Å². The molecule has 5 rings (SSSR count). The van der Waals surface area contributed by atoms with Crippen LogP contribution in [0.2, 0.25) is 0 Å². The Balaban J connectivity index is 1.51. The highest BCUT2D eigenvalue weighted by molar-refractivity contribution is 7.99. The molecule has 180 valence electrons. The molecule has 4 aromatic rings. The molecule has 7 heteroatoms. The summed E-state index contributed by atoms with van der Waals surface area (Å²) in [4.78, 5) is 33.8. The van der Waals surface area contributed by atoms with Crippen molar-refractivity contribution in [2.45, 2.75) is 57.7 Å². The Morgan fingerprint density at radius 1 is 1.14 bits per heavy atom. The van der Waals surface area contributed by atoms with Crippen molar-refractivity contribution in [2.24, 2.45) is 0 Å². The SMILES string of the molecule is Cc1ccc(-n2c(SCC(=O)NC(C)c3ccccc3)nc3sc4c(c3c2=O)CCCC4)c(C)c1. The summed E-state index contributed by atoms with van der Waals surface area (Å²) in [6, 6.07) is 15.9. The Morgan fingerprint density at radius 2 is 1.91 bits per heavy atom. The van der Waals surface area contributed by atoms with Crippen LogP contribution in [0, 0.1) is 13.8 Å². The molecule has 0 radical (unpaired) electrons. The lowest BCUT2D eigenvalue weighted by molar-refractivity contribution is -0.119. The number of thioether (sulfide) groups is 1. The van der Waals surface area contributed by atoms with Crippen LogP contribution in [-0.4, -0.2) is 21.2 Å². The fourth-order valence-corrected chi connectivity index (χ4v) is 6.91. The fraction of sp³-hybridized carbons (Fsp3) is 0.321. The summed E-state index contributed by atoms with van der Waals surface area (Å²) in [6.07, 6.45) is 4.22. The molecule has 1 atom stereocenters. The third-order valence-corrected chi connectivity index (χ3v) is 8.69. The summed E-state index contributed by atoms with van der Waals surface area (Å²) in [7, 11) is 0. The van der Waals surface area contributed by atoms with E-state index in [9.17, 15) is 9.59 Å². The predicted octanol–water partition coefficient (Wildman–Crippen LogP) is 5.91. The van der Waals surface area contributed by atoms with Gasteiger partial charge in [0.15, 0.2) is 5.16 Å². The van der Waals surface area contributed by atoms with Gasteiger partial charge >= 0.3 is 0 Å². The molecule has 2 aromatic carbocycles. The number of thiophene rings is 1. The van der Waals surface area contributed by atoms with E-state index in [1.54, 1.807) is 15.9 Å². The number of aryl methyl sites for hydroxylation is 4. The van der Waals surface area contributed by atoms with Gasteiger partial charge in [-0.1, -0.05) is 59.8 Å². The molecule has 5 nitrogen and oxygen atoms in total. The second kappa shape index (κ2) is 9.99. The average Bonchev–Trinajstić information content (AvgIpc) is 3.23. The van der Waals surface area contributed by atoms with E-state index < -0.39 is 0 Å². The lowest BCUT2D eigenvalue weighted by Crippen LogP contribution is -2.29. The molecule has 0 saturated carbocycles. The van der Waals surface area contributed by atoms with Gasteiger partial charge in [0, 0.05) is 4.88 Å². The highest BCUT2D eigenvalue weighted by Crippen LogP contribution is 2.35. The van der Waals surface area contributed by atoms with E-state index in [1.807, 2.05) is 63.2 Å². The van der Waals surface area contributed by atoms with Crippen molar-refractivity contribution >= 4 is 39.2 Å². The Bertz CT molecular complexity index is 1460. The number of nitrogens with one attached hydrogen (secondary N) is 1. The zero-order valence-electron chi connectivity index (χ0n) is 20.3. The van der Waals surface area contributed by atoms with Gasteiger partial charge in [-0.25, -0.2) is 4.98 Å². The van der Waals surface area contributed by atoms with Crippen LogP contribution >= 0.6 is 23.1 Å². The van der Waals surface area contributed by atoms with Gasteiger partial charge in [-0.05, 0) is 69.2 Å². The maximum absolute atomic E-state index is 13.9. The summed E-state index contributed by atoms with van der Waals surface area (Å²) >= 11 is 2.96. The van der Waals surface area contributed by atoms with Crippen LogP contribution in [0.3, 0.4) is 0 Å². The zero-order chi connectivity index (χ0) is 24.5. The summed E-state index contributed by atoms with van der Waals surface area (Å²) in [5.74, 6) is 0.101. The molecule has 0 spiro atoms. The summed E-state index contributed by atoms with van der Waals surface area (Å²) < 4.78 is 1.72. The maximum atomic E-state index is 13.9. The fourth-order valence-electron chi connectivity index (χ4n) is 4.79.